The van der Waals surface area contributed by atoms with Gasteiger partial charge in [0, 0.05) is 19.9 Å². The minimum atomic E-state index is 0.591. The van der Waals surface area contributed by atoms with E-state index in [0.29, 0.717) is 18.1 Å². The quantitative estimate of drug-likeness (QED) is 0.746. The Morgan fingerprint density at radius 2 is 2.21 bits per heavy atom. The summed E-state index contributed by atoms with van der Waals surface area (Å²) < 4.78 is 7.79. The average Bonchev–Trinajstić information content (AvgIpc) is 2.91. The maximum atomic E-state index is 5.38. The fourth-order valence-electron chi connectivity index (χ4n) is 2.27. The molecule has 0 spiro atoms. The second-order valence-electron chi connectivity index (χ2n) is 4.53. The molecular formula is C13H14N4OS. The molecule has 0 bridgehead atoms. The van der Waals surface area contributed by atoms with E-state index in [1.807, 2.05) is 12.1 Å². The van der Waals surface area contributed by atoms with Gasteiger partial charge in [-0.15, -0.1) is 0 Å². The first-order valence-electron chi connectivity index (χ1n) is 6.12. The van der Waals surface area contributed by atoms with Crippen LogP contribution in [0.25, 0.3) is 11.0 Å². The van der Waals surface area contributed by atoms with Gasteiger partial charge >= 0.3 is 0 Å². The minimum absolute atomic E-state index is 0.591. The van der Waals surface area contributed by atoms with Crippen LogP contribution in [-0.2, 0) is 13.0 Å². The molecule has 5 nitrogen and oxygen atoms in total. The molecule has 0 radical (unpaired) electrons. The number of hydrogen-bond donors (Lipinski definition) is 1. The van der Waals surface area contributed by atoms with Crippen LogP contribution in [0.1, 0.15) is 17.3 Å². The van der Waals surface area contributed by atoms with Gasteiger partial charge in [0.05, 0.1) is 11.0 Å². The summed E-state index contributed by atoms with van der Waals surface area (Å²) in [5, 5.41) is 3.90. The topological polar surface area (TPSA) is 59.6 Å². The van der Waals surface area contributed by atoms with Crippen molar-refractivity contribution in [2.75, 3.05) is 0 Å². The second kappa shape index (κ2) is 4.62. The van der Waals surface area contributed by atoms with Crippen LogP contribution in [-0.4, -0.2) is 19.7 Å². The molecular weight excluding hydrogens is 260 g/mol. The summed E-state index contributed by atoms with van der Waals surface area (Å²) in [6, 6.07) is 6.14. The summed E-state index contributed by atoms with van der Waals surface area (Å²) in [6.45, 7) is 4.61. The standard InChI is InChI=1S/C13H14N4OS/c1-8-4-3-5-10-12(8)17(13(19)15-10)7-6-11-14-9(2)18-16-11/h3-5H,6-7H2,1-2H3,(H,15,19). The number of nitrogens with zero attached hydrogens (tertiary/aromatic N) is 3. The Balaban J connectivity index is 1.96. The largest absolute Gasteiger partial charge is 0.340 e. The summed E-state index contributed by atoms with van der Waals surface area (Å²) in [5.74, 6) is 1.30. The highest BCUT2D eigenvalue weighted by atomic mass is 32.1. The Morgan fingerprint density at radius 3 is 2.95 bits per heavy atom. The van der Waals surface area contributed by atoms with Gasteiger partial charge in [-0.3, -0.25) is 0 Å². The van der Waals surface area contributed by atoms with Crippen molar-refractivity contribution in [3.05, 3.63) is 40.2 Å². The zero-order chi connectivity index (χ0) is 13.4. The summed E-state index contributed by atoms with van der Waals surface area (Å²) in [7, 11) is 0. The van der Waals surface area contributed by atoms with Crippen LogP contribution in [0.15, 0.2) is 22.7 Å². The molecule has 1 aromatic carbocycles. The maximum absolute atomic E-state index is 5.38. The van der Waals surface area contributed by atoms with Crippen LogP contribution in [0.4, 0.5) is 0 Å². The van der Waals surface area contributed by atoms with Crippen LogP contribution in [0, 0.1) is 18.6 Å². The van der Waals surface area contributed by atoms with Gasteiger partial charge < -0.3 is 14.1 Å². The summed E-state index contributed by atoms with van der Waals surface area (Å²) in [5.41, 5.74) is 3.41. The van der Waals surface area contributed by atoms with Crippen molar-refractivity contribution >= 4 is 23.3 Å². The van der Waals surface area contributed by atoms with Gasteiger partial charge in [-0.1, -0.05) is 17.3 Å². The summed E-state index contributed by atoms with van der Waals surface area (Å²) in [6.07, 6.45) is 0.701. The molecule has 3 rings (SSSR count). The molecule has 0 saturated carbocycles. The molecule has 0 fully saturated rings. The molecule has 2 aromatic heterocycles. The number of aryl methyl sites for hydroxylation is 4. The molecule has 0 saturated heterocycles. The Morgan fingerprint density at radius 1 is 1.37 bits per heavy atom. The predicted molar refractivity (Wildman–Crippen MR) is 74.6 cm³/mol. The molecule has 0 amide bonds. The molecule has 1 N–H and O–H groups in total. The van der Waals surface area contributed by atoms with E-state index in [2.05, 4.69) is 32.7 Å². The number of para-hydroxylation sites is 1. The number of aromatic amines is 1. The predicted octanol–water partition coefficient (Wildman–Crippen LogP) is 2.94. The van der Waals surface area contributed by atoms with Gasteiger partial charge in [0.15, 0.2) is 10.6 Å². The Labute approximate surface area is 115 Å². The lowest BCUT2D eigenvalue weighted by Crippen LogP contribution is -2.03. The third kappa shape index (κ3) is 2.19. The van der Waals surface area contributed by atoms with Crippen LogP contribution < -0.4 is 0 Å². The van der Waals surface area contributed by atoms with Gasteiger partial charge in [0.1, 0.15) is 0 Å². The first kappa shape index (κ1) is 12.1. The molecule has 3 aromatic rings. The molecule has 6 heteroatoms. The number of benzene rings is 1. The lowest BCUT2D eigenvalue weighted by molar-refractivity contribution is 0.386. The van der Waals surface area contributed by atoms with Gasteiger partial charge in [-0.2, -0.15) is 4.98 Å². The van der Waals surface area contributed by atoms with E-state index in [0.717, 1.165) is 22.3 Å². The van der Waals surface area contributed by atoms with Crippen LogP contribution >= 0.6 is 12.2 Å². The molecule has 0 aliphatic carbocycles. The SMILES string of the molecule is Cc1nc(CCn2c(=S)[nH]c3cccc(C)c32)no1. The van der Waals surface area contributed by atoms with Crippen LogP contribution in [0.3, 0.4) is 0 Å². The van der Waals surface area contributed by atoms with E-state index >= 15 is 0 Å². The number of imidazole rings is 1. The lowest BCUT2D eigenvalue weighted by Gasteiger charge is -2.04. The number of fused-ring (bicyclic) bond motifs is 1. The smallest absolute Gasteiger partial charge is 0.223 e. The number of nitrogens with one attached hydrogen (secondary N) is 1. The first-order valence-corrected chi connectivity index (χ1v) is 6.53. The van der Waals surface area contributed by atoms with Gasteiger partial charge in [0.25, 0.3) is 0 Å². The zero-order valence-electron chi connectivity index (χ0n) is 10.8. The van der Waals surface area contributed by atoms with E-state index in [1.54, 1.807) is 6.92 Å². The van der Waals surface area contributed by atoms with Crippen LogP contribution in [0.5, 0.6) is 0 Å². The molecule has 98 valence electrons. The highest BCUT2D eigenvalue weighted by Gasteiger charge is 2.08. The van der Waals surface area contributed by atoms with E-state index in [4.69, 9.17) is 16.7 Å². The second-order valence-corrected chi connectivity index (χ2v) is 4.92. The molecule has 0 aliphatic heterocycles. The third-order valence-corrected chi connectivity index (χ3v) is 3.45. The minimum Gasteiger partial charge on any atom is -0.340 e. The zero-order valence-corrected chi connectivity index (χ0v) is 11.6. The van der Waals surface area contributed by atoms with Crippen molar-refractivity contribution in [2.24, 2.45) is 0 Å². The normalized spacial score (nSPS) is 11.3. The summed E-state index contributed by atoms with van der Waals surface area (Å²) in [4.78, 5) is 7.43. The first-order chi connectivity index (χ1) is 9.15. The molecule has 0 unspecified atom stereocenters. The molecule has 2 heterocycles. The van der Waals surface area contributed by atoms with E-state index < -0.39 is 0 Å². The monoisotopic (exact) mass is 274 g/mol. The number of aromatic nitrogens is 4. The van der Waals surface area contributed by atoms with Crippen molar-refractivity contribution in [1.82, 2.24) is 19.7 Å². The fraction of sp³-hybridized carbons (Fsp3) is 0.308. The Kier molecular flexibility index (Phi) is 2.94. The maximum Gasteiger partial charge on any atom is 0.223 e. The van der Waals surface area contributed by atoms with Crippen molar-refractivity contribution in [3.63, 3.8) is 0 Å². The van der Waals surface area contributed by atoms with Crippen molar-refractivity contribution in [1.29, 1.82) is 0 Å². The van der Waals surface area contributed by atoms with E-state index in [1.165, 1.54) is 5.56 Å². The number of hydrogen-bond acceptors (Lipinski definition) is 4. The third-order valence-electron chi connectivity index (χ3n) is 3.12. The number of rotatable bonds is 3. The van der Waals surface area contributed by atoms with Gasteiger partial charge in [-0.25, -0.2) is 0 Å². The fourth-order valence-corrected chi connectivity index (χ4v) is 2.56. The Hall–Kier alpha value is -1.95. The van der Waals surface area contributed by atoms with Crippen molar-refractivity contribution < 1.29 is 4.52 Å². The van der Waals surface area contributed by atoms with Crippen molar-refractivity contribution in [3.8, 4) is 0 Å². The van der Waals surface area contributed by atoms with Crippen LogP contribution in [0.2, 0.25) is 0 Å². The summed E-state index contributed by atoms with van der Waals surface area (Å²) >= 11 is 5.38. The van der Waals surface area contributed by atoms with E-state index in [9.17, 15) is 0 Å². The molecule has 0 atom stereocenters. The lowest BCUT2D eigenvalue weighted by atomic mass is 10.2. The Bertz CT molecular complexity index is 783. The molecule has 19 heavy (non-hydrogen) atoms. The highest BCUT2D eigenvalue weighted by Crippen LogP contribution is 2.18. The van der Waals surface area contributed by atoms with E-state index in [-0.39, 0.29) is 0 Å². The molecule has 0 aliphatic rings. The average molecular weight is 274 g/mol. The highest BCUT2D eigenvalue weighted by molar-refractivity contribution is 7.71. The van der Waals surface area contributed by atoms with Gasteiger partial charge in [0.2, 0.25) is 5.89 Å². The van der Waals surface area contributed by atoms with Crippen molar-refractivity contribution in [2.45, 2.75) is 26.8 Å². The number of H-pyrrole nitrogens is 1. The van der Waals surface area contributed by atoms with Gasteiger partial charge in [-0.05, 0) is 30.8 Å².